The molecule has 0 unspecified atom stereocenters. The van der Waals surface area contributed by atoms with Gasteiger partial charge in [0.25, 0.3) is 0 Å². The summed E-state index contributed by atoms with van der Waals surface area (Å²) in [5.41, 5.74) is -0.569. The van der Waals surface area contributed by atoms with Crippen LogP contribution in [0, 0.1) is 5.41 Å². The summed E-state index contributed by atoms with van der Waals surface area (Å²) < 4.78 is 0. The molecule has 0 saturated carbocycles. The lowest BCUT2D eigenvalue weighted by atomic mass is 9.79. The fourth-order valence-electron chi connectivity index (χ4n) is 0. The highest BCUT2D eigenvalue weighted by Gasteiger charge is 2.29. The molecule has 0 bridgehead atoms. The molecule has 0 aromatic rings. The van der Waals surface area contributed by atoms with Crippen molar-refractivity contribution in [1.29, 1.82) is 0 Å². The van der Waals surface area contributed by atoms with Gasteiger partial charge in [-0.15, -0.1) is 0 Å². The number of hydrogen-bond donors (Lipinski definition) is 1. The molecule has 4 radical (unpaired) electrons. The molecule has 0 atom stereocenters. The molecule has 3 heteroatoms. The molecule has 0 aliphatic carbocycles. The lowest BCUT2D eigenvalue weighted by Crippen LogP contribution is -2.35. The predicted octanol–water partition coefficient (Wildman–Crippen LogP) is 1.04. The Morgan fingerprint density at radius 1 is 0.900 bits per heavy atom. The molecule has 0 fully saturated rings. The maximum absolute atomic E-state index is 9.35. The molecule has 0 aromatic carbocycles. The van der Waals surface area contributed by atoms with Gasteiger partial charge < -0.3 is 5.11 Å². The summed E-state index contributed by atoms with van der Waals surface area (Å²) in [5, 5.41) is 9.35. The molecule has 0 aliphatic rings. The summed E-state index contributed by atoms with van der Waals surface area (Å²) in [7, 11) is 8.00. The maximum Gasteiger partial charge on any atom is 0.0639 e. The van der Waals surface area contributed by atoms with Crippen LogP contribution in [0.2, 0.25) is 0 Å². The van der Waals surface area contributed by atoms with Gasteiger partial charge in [0, 0.05) is 15.5 Å². The zero-order chi connectivity index (χ0) is 9.00. The monoisotopic (exact) mass is 138 g/mol. The topological polar surface area (TPSA) is 20.2 Å². The first-order chi connectivity index (χ1) is 4.25. The predicted molar refractivity (Wildman–Crippen MR) is 47.3 cm³/mol. The van der Waals surface area contributed by atoms with E-state index in [0.717, 1.165) is 0 Å². The second-order valence-corrected chi connectivity index (χ2v) is 3.81. The second-order valence-electron chi connectivity index (χ2n) is 3.81. The quantitative estimate of drug-likeness (QED) is 0.495. The Kier molecular flexibility index (Phi) is 5.18. The molecule has 56 valence electrons. The van der Waals surface area contributed by atoms with Crippen LogP contribution < -0.4 is 0 Å². The van der Waals surface area contributed by atoms with E-state index in [1.807, 2.05) is 34.6 Å². The summed E-state index contributed by atoms with van der Waals surface area (Å²) in [4.78, 5) is 0. The normalized spacial score (nSPS) is 11.8. The lowest BCUT2D eigenvalue weighted by Gasteiger charge is -2.33. The molecule has 0 amide bonds. The molecular weight excluding hydrogens is 122 g/mol. The van der Waals surface area contributed by atoms with E-state index in [0.29, 0.717) is 0 Å². The minimum atomic E-state index is -0.562. The largest absolute Gasteiger partial charge is 0.390 e. The first-order valence-electron chi connectivity index (χ1n) is 3.31. The van der Waals surface area contributed by atoms with Crippen molar-refractivity contribution in [2.75, 3.05) is 0 Å². The molecule has 0 aromatic heterocycles. The van der Waals surface area contributed by atoms with E-state index in [2.05, 4.69) is 15.5 Å². The Labute approximate surface area is 67.0 Å². The van der Waals surface area contributed by atoms with Gasteiger partial charge in [-0.25, -0.2) is 0 Å². The van der Waals surface area contributed by atoms with Crippen LogP contribution in [0.25, 0.3) is 0 Å². The zero-order valence-electron chi connectivity index (χ0n) is 7.60. The molecular formula is C7H16B2O. The summed E-state index contributed by atoms with van der Waals surface area (Å²) in [5.74, 6) is 0. The van der Waals surface area contributed by atoms with Crippen molar-refractivity contribution in [2.45, 2.75) is 40.2 Å². The fraction of sp³-hybridized carbons (Fsp3) is 1.00. The molecule has 0 heterocycles. The van der Waals surface area contributed by atoms with Crippen molar-refractivity contribution in [1.82, 2.24) is 0 Å². The van der Waals surface area contributed by atoms with Crippen molar-refractivity contribution in [3.05, 3.63) is 0 Å². The van der Waals surface area contributed by atoms with E-state index in [-0.39, 0.29) is 5.41 Å². The molecule has 0 aliphatic heterocycles. The summed E-state index contributed by atoms with van der Waals surface area (Å²) >= 11 is 0. The highest BCUT2D eigenvalue weighted by atomic mass is 16.3. The Bertz CT molecular complexity index is 66.6. The Hall–Kier alpha value is 0.0899. The number of aliphatic hydroxyl groups is 1. The van der Waals surface area contributed by atoms with Gasteiger partial charge >= 0.3 is 0 Å². The van der Waals surface area contributed by atoms with Gasteiger partial charge in [0.1, 0.15) is 0 Å². The summed E-state index contributed by atoms with van der Waals surface area (Å²) in [6, 6.07) is 0. The third-order valence-electron chi connectivity index (χ3n) is 1.84. The second kappa shape index (κ2) is 4.07. The van der Waals surface area contributed by atoms with Crippen molar-refractivity contribution >= 4 is 15.5 Å². The van der Waals surface area contributed by atoms with Crippen LogP contribution in [-0.2, 0) is 0 Å². The third kappa shape index (κ3) is 4.92. The molecule has 10 heavy (non-hydrogen) atoms. The van der Waals surface area contributed by atoms with Crippen molar-refractivity contribution in [2.24, 2.45) is 5.41 Å². The van der Waals surface area contributed by atoms with E-state index in [1.54, 1.807) is 0 Å². The van der Waals surface area contributed by atoms with Crippen molar-refractivity contribution in [3.63, 3.8) is 0 Å². The Morgan fingerprint density at radius 3 is 1.00 bits per heavy atom. The van der Waals surface area contributed by atoms with Crippen molar-refractivity contribution < 1.29 is 5.11 Å². The molecule has 1 N–H and O–H groups in total. The fourth-order valence-corrected chi connectivity index (χ4v) is 0. The molecule has 0 saturated heterocycles. The van der Waals surface area contributed by atoms with Gasteiger partial charge in [0.15, 0.2) is 0 Å². The zero-order valence-corrected chi connectivity index (χ0v) is 7.60. The third-order valence-corrected chi connectivity index (χ3v) is 1.84. The van der Waals surface area contributed by atoms with Crippen LogP contribution in [0.1, 0.15) is 34.6 Å². The van der Waals surface area contributed by atoms with Gasteiger partial charge in [-0.1, -0.05) is 20.8 Å². The minimum Gasteiger partial charge on any atom is -0.390 e. The lowest BCUT2D eigenvalue weighted by molar-refractivity contribution is -0.0238. The van der Waals surface area contributed by atoms with E-state index >= 15 is 0 Å². The maximum atomic E-state index is 9.35. The van der Waals surface area contributed by atoms with E-state index in [1.165, 1.54) is 0 Å². The van der Waals surface area contributed by atoms with Gasteiger partial charge in [-0.05, 0) is 19.3 Å². The summed E-state index contributed by atoms with van der Waals surface area (Å²) in [6.45, 7) is 9.72. The minimum absolute atomic E-state index is 0.00694. The smallest absolute Gasteiger partial charge is 0.0639 e. The standard InChI is InChI=1S/C7H16O.B2/c1-6(2,3)7(4,5)8;1-2/h8H,1-5H3;. The van der Waals surface area contributed by atoms with E-state index in [4.69, 9.17) is 0 Å². The van der Waals surface area contributed by atoms with Crippen LogP contribution in [0.5, 0.6) is 0 Å². The molecule has 0 spiro atoms. The number of hydrogen-bond acceptors (Lipinski definition) is 1. The Morgan fingerprint density at radius 2 is 1.00 bits per heavy atom. The highest BCUT2D eigenvalue weighted by molar-refractivity contribution is 6.75. The van der Waals surface area contributed by atoms with Crippen LogP contribution in [0.15, 0.2) is 0 Å². The van der Waals surface area contributed by atoms with E-state index < -0.39 is 5.60 Å². The SMILES string of the molecule is CC(C)(C)C(C)(C)O.[B][B]. The first kappa shape index (κ1) is 12.7. The highest BCUT2D eigenvalue weighted by Crippen LogP contribution is 2.28. The molecule has 0 rings (SSSR count). The van der Waals surface area contributed by atoms with Crippen molar-refractivity contribution in [3.8, 4) is 0 Å². The molecule has 1 nitrogen and oxygen atoms in total. The van der Waals surface area contributed by atoms with Gasteiger partial charge in [0.05, 0.1) is 5.60 Å². The van der Waals surface area contributed by atoms with Gasteiger partial charge in [0.2, 0.25) is 0 Å². The van der Waals surface area contributed by atoms with E-state index in [9.17, 15) is 5.11 Å². The summed E-state index contributed by atoms with van der Waals surface area (Å²) in [6.07, 6.45) is 0. The van der Waals surface area contributed by atoms with Gasteiger partial charge in [-0.2, -0.15) is 0 Å². The van der Waals surface area contributed by atoms with Crippen LogP contribution in [0.4, 0.5) is 0 Å². The first-order valence-corrected chi connectivity index (χ1v) is 3.31. The average Bonchev–Trinajstić information content (AvgIpc) is 1.66. The van der Waals surface area contributed by atoms with Crippen LogP contribution in [0.3, 0.4) is 0 Å². The Balaban J connectivity index is 0. The van der Waals surface area contributed by atoms with Crippen LogP contribution >= 0.6 is 0 Å². The van der Waals surface area contributed by atoms with Crippen LogP contribution in [-0.4, -0.2) is 26.2 Å². The van der Waals surface area contributed by atoms with Gasteiger partial charge in [-0.3, -0.25) is 0 Å². The number of rotatable bonds is 0. The average molecular weight is 138 g/mol.